The zero-order valence-corrected chi connectivity index (χ0v) is 17.9. The fourth-order valence-electron chi connectivity index (χ4n) is 5.34. The fourth-order valence-corrected chi connectivity index (χ4v) is 6.28. The van der Waals surface area contributed by atoms with Crippen LogP contribution in [0.3, 0.4) is 0 Å². The van der Waals surface area contributed by atoms with Crippen LogP contribution in [0.15, 0.2) is 23.5 Å². The Bertz CT molecular complexity index is 1040. The minimum absolute atomic E-state index is 0.0609. The summed E-state index contributed by atoms with van der Waals surface area (Å²) < 4.78 is 0.668. The Morgan fingerprint density at radius 3 is 2.47 bits per heavy atom. The van der Waals surface area contributed by atoms with Crippen molar-refractivity contribution < 1.29 is 39.9 Å². The second kappa shape index (κ2) is 6.74. The third-order valence-corrected chi connectivity index (χ3v) is 7.73. The SMILES string of the molecule is C[C@H]1c2c(I)ccc(O)c2C(=O)C2=C(O)[C@]3(O)C(O)C(C(N)=O)C(=O)C[C@@H]3[C@@H](O)[C@@H]21. The van der Waals surface area contributed by atoms with Crippen LogP contribution in [-0.4, -0.2) is 60.8 Å². The molecule has 9 nitrogen and oxygen atoms in total. The Labute approximate surface area is 184 Å². The normalized spacial score (nSPS) is 38.0. The highest BCUT2D eigenvalue weighted by Crippen LogP contribution is 2.55. The fraction of sp³-hybridized carbons (Fsp3) is 0.450. The average Bonchev–Trinajstić information content (AvgIpc) is 2.66. The van der Waals surface area contributed by atoms with E-state index >= 15 is 0 Å². The largest absolute Gasteiger partial charge is 0.509 e. The number of hydrogen-bond donors (Lipinski definition) is 6. The van der Waals surface area contributed by atoms with E-state index in [1.807, 2.05) is 22.6 Å². The molecule has 7 atom stereocenters. The molecule has 1 fully saturated rings. The van der Waals surface area contributed by atoms with Crippen LogP contribution < -0.4 is 5.73 Å². The molecule has 3 aliphatic rings. The number of phenolic OH excluding ortho intramolecular Hbond substituents is 1. The van der Waals surface area contributed by atoms with Crippen LogP contribution in [0.25, 0.3) is 0 Å². The number of aliphatic hydroxyl groups is 4. The summed E-state index contributed by atoms with van der Waals surface area (Å²) in [6, 6.07) is 2.95. The molecular formula is C20H20INO8. The van der Waals surface area contributed by atoms with Gasteiger partial charge in [-0.2, -0.15) is 0 Å². The molecule has 0 bridgehead atoms. The number of primary amides is 1. The van der Waals surface area contributed by atoms with Gasteiger partial charge in [-0.15, -0.1) is 0 Å². The first-order valence-corrected chi connectivity index (χ1v) is 10.4. The molecule has 0 radical (unpaired) electrons. The van der Waals surface area contributed by atoms with E-state index in [2.05, 4.69) is 0 Å². The van der Waals surface area contributed by atoms with Gasteiger partial charge in [0.15, 0.2) is 11.4 Å². The molecule has 0 spiro atoms. The first kappa shape index (κ1) is 21.2. The van der Waals surface area contributed by atoms with Crippen molar-refractivity contribution in [2.24, 2.45) is 23.5 Å². The lowest BCUT2D eigenvalue weighted by Crippen LogP contribution is -2.68. The lowest BCUT2D eigenvalue weighted by Gasteiger charge is -2.53. The zero-order chi connectivity index (χ0) is 22.3. The average molecular weight is 529 g/mol. The van der Waals surface area contributed by atoms with Gasteiger partial charge in [0, 0.05) is 27.4 Å². The number of nitrogens with two attached hydrogens (primary N) is 1. The molecule has 3 aliphatic carbocycles. The molecular weight excluding hydrogens is 509 g/mol. The summed E-state index contributed by atoms with van der Waals surface area (Å²) in [5.74, 6) is -8.67. The van der Waals surface area contributed by atoms with Crippen LogP contribution in [0, 0.1) is 21.3 Å². The summed E-state index contributed by atoms with van der Waals surface area (Å²) in [6.07, 6.45) is -4.14. The molecule has 0 heterocycles. The van der Waals surface area contributed by atoms with E-state index < -0.39 is 71.1 Å². The Kier molecular flexibility index (Phi) is 4.77. The number of rotatable bonds is 1. The van der Waals surface area contributed by atoms with Crippen LogP contribution in [0.1, 0.15) is 35.2 Å². The highest BCUT2D eigenvalue weighted by molar-refractivity contribution is 14.1. The second-order valence-electron chi connectivity index (χ2n) is 8.18. The molecule has 30 heavy (non-hydrogen) atoms. The summed E-state index contributed by atoms with van der Waals surface area (Å²) in [5.41, 5.74) is 2.65. The van der Waals surface area contributed by atoms with Gasteiger partial charge < -0.3 is 31.3 Å². The van der Waals surface area contributed by atoms with Crippen molar-refractivity contribution in [3.8, 4) is 5.75 Å². The third kappa shape index (κ3) is 2.47. The Hall–Kier alpha value is -2.02. The van der Waals surface area contributed by atoms with Crippen LogP contribution in [0.4, 0.5) is 0 Å². The van der Waals surface area contributed by atoms with Gasteiger partial charge in [0.25, 0.3) is 0 Å². The minimum Gasteiger partial charge on any atom is -0.509 e. The Morgan fingerprint density at radius 2 is 1.87 bits per heavy atom. The number of fused-ring (bicyclic) bond motifs is 3. The van der Waals surface area contributed by atoms with Crippen LogP contribution in [-0.2, 0) is 9.59 Å². The van der Waals surface area contributed by atoms with E-state index in [0.29, 0.717) is 9.13 Å². The number of amides is 1. The number of hydrogen-bond acceptors (Lipinski definition) is 8. The first-order chi connectivity index (χ1) is 13.9. The van der Waals surface area contributed by atoms with Gasteiger partial charge in [0.2, 0.25) is 5.91 Å². The van der Waals surface area contributed by atoms with Crippen LogP contribution in [0.5, 0.6) is 5.75 Å². The molecule has 0 aliphatic heterocycles. The summed E-state index contributed by atoms with van der Waals surface area (Å²) in [6.45, 7) is 1.70. The molecule has 0 aromatic heterocycles. The van der Waals surface area contributed by atoms with Crippen molar-refractivity contribution in [1.82, 2.24) is 0 Å². The highest BCUT2D eigenvalue weighted by atomic mass is 127. The van der Waals surface area contributed by atoms with Crippen molar-refractivity contribution in [3.63, 3.8) is 0 Å². The van der Waals surface area contributed by atoms with E-state index in [0.717, 1.165) is 0 Å². The van der Waals surface area contributed by atoms with Gasteiger partial charge in [-0.1, -0.05) is 6.92 Å². The maximum absolute atomic E-state index is 13.3. The quantitative estimate of drug-likeness (QED) is 0.215. The van der Waals surface area contributed by atoms with Gasteiger partial charge in [-0.3, -0.25) is 14.4 Å². The van der Waals surface area contributed by atoms with Crippen molar-refractivity contribution in [1.29, 1.82) is 0 Å². The van der Waals surface area contributed by atoms with Crippen molar-refractivity contribution in [2.45, 2.75) is 37.1 Å². The number of aliphatic hydroxyl groups excluding tert-OH is 3. The predicted octanol–water partition coefficient (Wildman–Crippen LogP) is -0.118. The van der Waals surface area contributed by atoms with E-state index in [-0.39, 0.29) is 16.9 Å². The Balaban J connectivity index is 1.99. The topological polar surface area (TPSA) is 178 Å². The third-order valence-electron chi connectivity index (χ3n) is 6.79. The number of benzene rings is 1. The van der Waals surface area contributed by atoms with Gasteiger partial charge in [-0.25, -0.2) is 0 Å². The molecule has 7 N–H and O–H groups in total. The standard InChI is InChI=1S/C20H20INO8/c1-5-10-7(21)2-3-8(23)12(10)16(26)14-11(5)15(25)6-4-9(24)13(19(22)29)17(27)20(6,30)18(14)28/h2-3,5-6,11,13,15,17,23,25,27-28,30H,4H2,1H3,(H2,22,29)/t5-,6+,11+,13?,15+,17?,20+/m0/s1. The van der Waals surface area contributed by atoms with E-state index in [9.17, 15) is 39.9 Å². The minimum atomic E-state index is -2.62. The number of Topliss-reactive ketones (excluding diaryl/α,β-unsaturated/α-hetero) is 2. The second-order valence-corrected chi connectivity index (χ2v) is 9.34. The number of aromatic hydroxyl groups is 1. The van der Waals surface area contributed by atoms with E-state index in [1.165, 1.54) is 6.07 Å². The number of carbonyl (C=O) groups is 3. The monoisotopic (exact) mass is 529 g/mol. The van der Waals surface area contributed by atoms with Gasteiger partial charge in [-0.05, 0) is 46.2 Å². The molecule has 1 amide bonds. The maximum Gasteiger partial charge on any atom is 0.230 e. The molecule has 4 rings (SSSR count). The van der Waals surface area contributed by atoms with Crippen molar-refractivity contribution >= 4 is 40.1 Å². The molecule has 10 heteroatoms. The predicted molar refractivity (Wildman–Crippen MR) is 109 cm³/mol. The molecule has 1 saturated carbocycles. The summed E-state index contributed by atoms with van der Waals surface area (Å²) in [5, 5.41) is 54.3. The number of ketones is 2. The summed E-state index contributed by atoms with van der Waals surface area (Å²) >= 11 is 2.00. The maximum atomic E-state index is 13.3. The van der Waals surface area contributed by atoms with Crippen LogP contribution in [0.2, 0.25) is 0 Å². The molecule has 1 aromatic carbocycles. The van der Waals surface area contributed by atoms with Crippen molar-refractivity contribution in [2.75, 3.05) is 0 Å². The number of halogens is 1. The lowest BCUT2D eigenvalue weighted by molar-refractivity contribution is -0.195. The van der Waals surface area contributed by atoms with Gasteiger partial charge in [0.1, 0.15) is 29.3 Å². The van der Waals surface area contributed by atoms with Crippen LogP contribution >= 0.6 is 22.6 Å². The summed E-state index contributed by atoms with van der Waals surface area (Å²) in [7, 11) is 0. The highest BCUT2D eigenvalue weighted by Gasteiger charge is 2.65. The number of carbonyl (C=O) groups excluding carboxylic acids is 3. The van der Waals surface area contributed by atoms with Gasteiger partial charge in [0.05, 0.1) is 11.7 Å². The molecule has 1 aromatic rings. The van der Waals surface area contributed by atoms with Crippen molar-refractivity contribution in [3.05, 3.63) is 38.2 Å². The number of phenols is 1. The smallest absolute Gasteiger partial charge is 0.230 e. The molecule has 160 valence electrons. The van der Waals surface area contributed by atoms with E-state index in [4.69, 9.17) is 5.73 Å². The first-order valence-electron chi connectivity index (χ1n) is 9.34. The summed E-state index contributed by atoms with van der Waals surface area (Å²) in [4.78, 5) is 37.4. The molecule has 0 saturated heterocycles. The lowest BCUT2D eigenvalue weighted by atomic mass is 9.54. The van der Waals surface area contributed by atoms with Gasteiger partial charge >= 0.3 is 0 Å². The Morgan fingerprint density at radius 1 is 1.23 bits per heavy atom. The molecule has 2 unspecified atom stereocenters. The zero-order valence-electron chi connectivity index (χ0n) is 15.7. The van der Waals surface area contributed by atoms with E-state index in [1.54, 1.807) is 13.0 Å².